The van der Waals surface area contributed by atoms with Crippen LogP contribution in [0.5, 0.6) is 0 Å². The molecular formula is C23H18BrN. The van der Waals surface area contributed by atoms with E-state index in [9.17, 15) is 0 Å². The molecule has 2 heteroatoms. The van der Waals surface area contributed by atoms with Gasteiger partial charge in [-0.15, -0.1) is 0 Å². The lowest BCUT2D eigenvalue weighted by Gasteiger charge is -2.07. The second-order valence-electron chi connectivity index (χ2n) is 5.74. The van der Waals surface area contributed by atoms with Gasteiger partial charge in [-0.3, -0.25) is 0 Å². The SMILES string of the molecule is [Br-].c1ccc(-c2cc[n+](-c3ccccc3)c(-c3ccccc3)c2)cc1. The molecule has 0 aliphatic rings. The summed E-state index contributed by atoms with van der Waals surface area (Å²) >= 11 is 0. The number of pyridine rings is 1. The molecule has 0 unspecified atom stereocenters. The first kappa shape index (κ1) is 17.1. The van der Waals surface area contributed by atoms with Gasteiger partial charge in [0.25, 0.3) is 0 Å². The zero-order valence-corrected chi connectivity index (χ0v) is 15.3. The van der Waals surface area contributed by atoms with Crippen molar-refractivity contribution in [2.45, 2.75) is 0 Å². The Morgan fingerprint density at radius 3 is 1.60 bits per heavy atom. The average Bonchev–Trinajstić information content (AvgIpc) is 2.69. The maximum Gasteiger partial charge on any atom is 0.219 e. The molecule has 0 spiro atoms. The monoisotopic (exact) mass is 387 g/mol. The predicted molar refractivity (Wildman–Crippen MR) is 98.8 cm³/mol. The van der Waals surface area contributed by atoms with Gasteiger partial charge in [0.2, 0.25) is 11.4 Å². The molecule has 1 heterocycles. The summed E-state index contributed by atoms with van der Waals surface area (Å²) in [5, 5.41) is 0. The Hall–Kier alpha value is -2.71. The lowest BCUT2D eigenvalue weighted by atomic mass is 10.0. The van der Waals surface area contributed by atoms with Gasteiger partial charge in [-0.25, -0.2) is 0 Å². The number of benzene rings is 3. The molecule has 0 fully saturated rings. The summed E-state index contributed by atoms with van der Waals surface area (Å²) in [6.07, 6.45) is 2.15. The van der Waals surface area contributed by atoms with Crippen molar-refractivity contribution >= 4 is 0 Å². The number of para-hydroxylation sites is 1. The molecular weight excluding hydrogens is 370 g/mol. The first-order chi connectivity index (χ1) is 11.9. The van der Waals surface area contributed by atoms with Crippen LogP contribution in [0.15, 0.2) is 109 Å². The number of nitrogens with zero attached hydrogens (tertiary/aromatic N) is 1. The van der Waals surface area contributed by atoms with E-state index in [0.29, 0.717) is 0 Å². The molecule has 4 aromatic rings. The minimum atomic E-state index is 0. The highest BCUT2D eigenvalue weighted by molar-refractivity contribution is 5.68. The van der Waals surface area contributed by atoms with Gasteiger partial charge >= 0.3 is 0 Å². The van der Waals surface area contributed by atoms with Gasteiger partial charge < -0.3 is 17.0 Å². The fourth-order valence-corrected chi connectivity index (χ4v) is 2.96. The molecule has 25 heavy (non-hydrogen) atoms. The van der Waals surface area contributed by atoms with Gasteiger partial charge in [-0.2, -0.15) is 4.57 Å². The topological polar surface area (TPSA) is 3.88 Å². The summed E-state index contributed by atoms with van der Waals surface area (Å²) in [6, 6.07) is 35.9. The van der Waals surface area contributed by atoms with Crippen LogP contribution in [0.4, 0.5) is 0 Å². The van der Waals surface area contributed by atoms with E-state index in [-0.39, 0.29) is 17.0 Å². The lowest BCUT2D eigenvalue weighted by molar-refractivity contribution is -0.583. The van der Waals surface area contributed by atoms with Gasteiger partial charge in [0.15, 0.2) is 6.20 Å². The van der Waals surface area contributed by atoms with Crippen molar-refractivity contribution in [2.75, 3.05) is 0 Å². The molecule has 0 saturated heterocycles. The Bertz CT molecular complexity index is 935. The van der Waals surface area contributed by atoms with Crippen LogP contribution < -0.4 is 21.5 Å². The van der Waals surface area contributed by atoms with E-state index in [1.54, 1.807) is 0 Å². The molecule has 0 N–H and O–H groups in total. The van der Waals surface area contributed by atoms with E-state index in [1.807, 2.05) is 6.07 Å². The lowest BCUT2D eigenvalue weighted by Crippen LogP contribution is -3.00. The van der Waals surface area contributed by atoms with E-state index in [0.717, 1.165) is 5.69 Å². The Balaban J connectivity index is 0.00000182. The maximum atomic E-state index is 2.26. The summed E-state index contributed by atoms with van der Waals surface area (Å²) in [7, 11) is 0. The fourth-order valence-electron chi connectivity index (χ4n) is 2.96. The highest BCUT2D eigenvalue weighted by Gasteiger charge is 2.16. The summed E-state index contributed by atoms with van der Waals surface area (Å²) in [5.74, 6) is 0. The maximum absolute atomic E-state index is 2.26. The number of aromatic nitrogens is 1. The number of hydrogen-bond donors (Lipinski definition) is 0. The zero-order chi connectivity index (χ0) is 16.2. The first-order valence-corrected chi connectivity index (χ1v) is 8.14. The van der Waals surface area contributed by atoms with Crippen LogP contribution in [0.25, 0.3) is 28.1 Å². The minimum absolute atomic E-state index is 0. The third kappa shape index (κ3) is 3.70. The number of rotatable bonds is 3. The molecule has 1 nitrogen and oxygen atoms in total. The molecule has 122 valence electrons. The largest absolute Gasteiger partial charge is 1.00 e. The smallest absolute Gasteiger partial charge is 0.219 e. The van der Waals surface area contributed by atoms with Crippen molar-refractivity contribution < 1.29 is 21.5 Å². The Labute approximate surface area is 159 Å². The van der Waals surface area contributed by atoms with Gasteiger partial charge in [-0.1, -0.05) is 66.7 Å². The van der Waals surface area contributed by atoms with Crippen molar-refractivity contribution in [1.29, 1.82) is 0 Å². The van der Waals surface area contributed by atoms with Crippen molar-refractivity contribution in [3.63, 3.8) is 0 Å². The summed E-state index contributed by atoms with van der Waals surface area (Å²) < 4.78 is 2.24. The molecule has 3 aromatic carbocycles. The molecule has 0 radical (unpaired) electrons. The predicted octanol–water partition coefficient (Wildman–Crippen LogP) is 2.30. The van der Waals surface area contributed by atoms with Crippen LogP contribution in [-0.2, 0) is 0 Å². The van der Waals surface area contributed by atoms with Gasteiger partial charge in [-0.05, 0) is 23.3 Å². The van der Waals surface area contributed by atoms with E-state index in [4.69, 9.17) is 0 Å². The van der Waals surface area contributed by atoms with Crippen LogP contribution in [0.3, 0.4) is 0 Å². The standard InChI is InChI=1S/C23H18N.BrH/c1-4-10-19(11-5-1)21-16-17-24(22-14-8-3-9-15-22)23(18-21)20-12-6-2-7-13-20;/h1-18H;1H/q+1;/p-1. The normalized spacial score (nSPS) is 10.1. The van der Waals surface area contributed by atoms with Crippen molar-refractivity contribution in [2.24, 2.45) is 0 Å². The Morgan fingerprint density at radius 1 is 0.480 bits per heavy atom. The third-order valence-corrected chi connectivity index (χ3v) is 4.17. The number of halogens is 1. The minimum Gasteiger partial charge on any atom is -1.00 e. The Morgan fingerprint density at radius 2 is 1.00 bits per heavy atom. The Kier molecular flexibility index (Phi) is 5.42. The molecule has 0 atom stereocenters. The van der Waals surface area contributed by atoms with E-state index in [1.165, 1.54) is 22.4 Å². The molecule has 0 amide bonds. The molecule has 0 aliphatic heterocycles. The van der Waals surface area contributed by atoms with E-state index in [2.05, 4.69) is 108 Å². The average molecular weight is 388 g/mol. The molecule has 4 rings (SSSR count). The summed E-state index contributed by atoms with van der Waals surface area (Å²) in [5.41, 5.74) is 6.01. The van der Waals surface area contributed by atoms with Crippen LogP contribution in [0.2, 0.25) is 0 Å². The van der Waals surface area contributed by atoms with Gasteiger partial charge in [0.05, 0.1) is 0 Å². The zero-order valence-electron chi connectivity index (χ0n) is 13.7. The van der Waals surface area contributed by atoms with Crippen LogP contribution in [0, 0.1) is 0 Å². The highest BCUT2D eigenvalue weighted by Crippen LogP contribution is 2.24. The van der Waals surface area contributed by atoms with Crippen molar-refractivity contribution in [1.82, 2.24) is 0 Å². The summed E-state index contributed by atoms with van der Waals surface area (Å²) in [6.45, 7) is 0. The molecule has 1 aromatic heterocycles. The molecule has 0 bridgehead atoms. The van der Waals surface area contributed by atoms with Gasteiger partial charge in [0.1, 0.15) is 0 Å². The van der Waals surface area contributed by atoms with E-state index >= 15 is 0 Å². The third-order valence-electron chi connectivity index (χ3n) is 4.17. The second-order valence-corrected chi connectivity index (χ2v) is 5.74. The van der Waals surface area contributed by atoms with Crippen LogP contribution >= 0.6 is 0 Å². The fraction of sp³-hybridized carbons (Fsp3) is 0. The number of hydrogen-bond acceptors (Lipinski definition) is 0. The molecule has 0 aliphatic carbocycles. The van der Waals surface area contributed by atoms with Crippen LogP contribution in [0.1, 0.15) is 0 Å². The first-order valence-electron chi connectivity index (χ1n) is 8.14. The van der Waals surface area contributed by atoms with Crippen molar-refractivity contribution in [3.05, 3.63) is 109 Å². The highest BCUT2D eigenvalue weighted by atomic mass is 79.9. The van der Waals surface area contributed by atoms with Gasteiger partial charge in [0, 0.05) is 29.8 Å². The molecule has 0 saturated carbocycles. The van der Waals surface area contributed by atoms with Crippen molar-refractivity contribution in [3.8, 4) is 28.1 Å². The summed E-state index contributed by atoms with van der Waals surface area (Å²) in [4.78, 5) is 0. The van der Waals surface area contributed by atoms with E-state index < -0.39 is 0 Å². The second kappa shape index (κ2) is 7.91. The quantitative estimate of drug-likeness (QED) is 0.475. The van der Waals surface area contributed by atoms with Crippen LogP contribution in [-0.4, -0.2) is 0 Å².